The van der Waals surface area contributed by atoms with Crippen molar-refractivity contribution < 1.29 is 19.1 Å². The van der Waals surface area contributed by atoms with Gasteiger partial charge in [0.05, 0.1) is 0 Å². The lowest BCUT2D eigenvalue weighted by molar-refractivity contribution is -0.147. The summed E-state index contributed by atoms with van der Waals surface area (Å²) in [5.74, 6) is -0.562. The zero-order chi connectivity index (χ0) is 24.3. The minimum atomic E-state index is -0.787. The van der Waals surface area contributed by atoms with Gasteiger partial charge in [-0.15, -0.1) is 10.2 Å². The predicted molar refractivity (Wildman–Crippen MR) is 133 cm³/mol. The molecule has 2 N–H and O–H groups in total. The van der Waals surface area contributed by atoms with Crippen LogP contribution in [0.1, 0.15) is 42.7 Å². The van der Waals surface area contributed by atoms with Gasteiger partial charge < -0.3 is 15.4 Å². The van der Waals surface area contributed by atoms with Gasteiger partial charge in [0.15, 0.2) is 5.01 Å². The van der Waals surface area contributed by atoms with E-state index in [0.717, 1.165) is 22.5 Å². The fourth-order valence-electron chi connectivity index (χ4n) is 2.92. The molecular weight excluding hydrogens is 472 g/mol. The summed E-state index contributed by atoms with van der Waals surface area (Å²) < 4.78 is 5.37. The van der Waals surface area contributed by atoms with Crippen LogP contribution in [-0.4, -0.2) is 46.0 Å². The van der Waals surface area contributed by atoms with E-state index in [1.54, 1.807) is 36.0 Å². The van der Waals surface area contributed by atoms with Crippen molar-refractivity contribution in [2.24, 2.45) is 0 Å². The Balaban J connectivity index is 1.52. The molecule has 34 heavy (non-hydrogen) atoms. The van der Waals surface area contributed by atoms with Gasteiger partial charge in [0.2, 0.25) is 5.01 Å². The fourth-order valence-corrected chi connectivity index (χ4v) is 4.06. The Hall–Kier alpha value is -3.24. The number of amides is 2. The van der Waals surface area contributed by atoms with Crippen LogP contribution in [0.3, 0.4) is 0 Å². The Morgan fingerprint density at radius 1 is 1.03 bits per heavy atom. The van der Waals surface area contributed by atoms with E-state index in [1.165, 1.54) is 0 Å². The minimum Gasteiger partial charge on any atom is -0.457 e. The van der Waals surface area contributed by atoms with Crippen molar-refractivity contribution in [2.75, 3.05) is 12.0 Å². The number of nitrogens with one attached hydrogen (secondary N) is 2. The molecule has 1 heterocycles. The maximum absolute atomic E-state index is 12.6. The van der Waals surface area contributed by atoms with Crippen LogP contribution in [0.25, 0.3) is 0 Å². The van der Waals surface area contributed by atoms with E-state index in [-0.39, 0.29) is 23.4 Å². The summed E-state index contributed by atoms with van der Waals surface area (Å²) in [5.41, 5.74) is 2.59. The third-order valence-corrected chi connectivity index (χ3v) is 6.35. The smallest absolute Gasteiger partial charge is 0.329 e. The molecule has 8 nitrogen and oxygen atoms in total. The summed E-state index contributed by atoms with van der Waals surface area (Å²) in [6, 6.07) is 15.8. The largest absolute Gasteiger partial charge is 0.457 e. The molecule has 0 aliphatic rings. The zero-order valence-electron chi connectivity index (χ0n) is 18.9. The molecule has 2 aromatic carbocycles. The molecule has 3 rings (SSSR count). The summed E-state index contributed by atoms with van der Waals surface area (Å²) in [5, 5.41) is 14.0. The molecule has 178 valence electrons. The van der Waals surface area contributed by atoms with Gasteiger partial charge in [-0.3, -0.25) is 9.59 Å². The quantitative estimate of drug-likeness (QED) is 0.390. The van der Waals surface area contributed by atoms with Crippen LogP contribution in [0.2, 0.25) is 0 Å². The van der Waals surface area contributed by atoms with Gasteiger partial charge >= 0.3 is 5.97 Å². The highest BCUT2D eigenvalue weighted by atomic mass is 32.2. The number of nitrogens with zero attached hydrogens (tertiary/aromatic N) is 2. The highest BCUT2D eigenvalue weighted by Crippen LogP contribution is 2.13. The molecule has 0 aliphatic heterocycles. The van der Waals surface area contributed by atoms with Crippen molar-refractivity contribution >= 4 is 40.9 Å². The van der Waals surface area contributed by atoms with Crippen molar-refractivity contribution in [2.45, 2.75) is 32.5 Å². The predicted octanol–water partition coefficient (Wildman–Crippen LogP) is 3.37. The standard InChI is InChI=1S/C24H26N4O4S2/c1-16-8-10-17(11-9-16)14-25-22(30)23-28-27-20(34-23)15-32-24(31)19(12-13-33-2)26-21(29)18-6-4-3-5-7-18/h3-11,19H,12-15H2,1-2H3,(H,25,30)(H,26,29)/t19-/m0/s1. The first-order valence-electron chi connectivity index (χ1n) is 10.6. The van der Waals surface area contributed by atoms with E-state index >= 15 is 0 Å². The first kappa shape index (κ1) is 25.4. The first-order chi connectivity index (χ1) is 16.5. The maximum atomic E-state index is 12.6. The Labute approximate surface area is 206 Å². The molecule has 1 atom stereocenters. The van der Waals surface area contributed by atoms with E-state index in [4.69, 9.17) is 4.74 Å². The van der Waals surface area contributed by atoms with Crippen LogP contribution in [-0.2, 0) is 22.7 Å². The fraction of sp³-hybridized carbons (Fsp3) is 0.292. The van der Waals surface area contributed by atoms with Gasteiger partial charge in [-0.05, 0) is 43.0 Å². The van der Waals surface area contributed by atoms with Crippen LogP contribution >= 0.6 is 23.1 Å². The third-order valence-electron chi connectivity index (χ3n) is 4.81. The van der Waals surface area contributed by atoms with E-state index in [0.29, 0.717) is 29.3 Å². The number of carbonyl (C=O) groups is 3. The summed E-state index contributed by atoms with van der Waals surface area (Å²) in [6.45, 7) is 2.25. The van der Waals surface area contributed by atoms with Crippen molar-refractivity contribution in [1.29, 1.82) is 0 Å². The van der Waals surface area contributed by atoms with Crippen LogP contribution in [0, 0.1) is 6.92 Å². The summed E-state index contributed by atoms with van der Waals surface area (Å²) in [7, 11) is 0. The number of hydrogen-bond donors (Lipinski definition) is 2. The lowest BCUT2D eigenvalue weighted by Gasteiger charge is -2.17. The number of ether oxygens (including phenoxy) is 1. The molecule has 1 aromatic heterocycles. The second kappa shape index (κ2) is 12.9. The number of thioether (sulfide) groups is 1. The number of carbonyl (C=O) groups excluding carboxylic acids is 3. The highest BCUT2D eigenvalue weighted by molar-refractivity contribution is 7.98. The number of hydrogen-bond acceptors (Lipinski definition) is 8. The number of rotatable bonds is 11. The Kier molecular flexibility index (Phi) is 9.60. The van der Waals surface area contributed by atoms with Crippen LogP contribution in [0.4, 0.5) is 0 Å². The molecule has 0 unspecified atom stereocenters. The maximum Gasteiger partial charge on any atom is 0.329 e. The number of benzene rings is 2. The molecule has 0 bridgehead atoms. The Morgan fingerprint density at radius 3 is 2.47 bits per heavy atom. The van der Waals surface area contributed by atoms with Crippen molar-refractivity contribution in [3.05, 3.63) is 81.3 Å². The third kappa shape index (κ3) is 7.67. The summed E-state index contributed by atoms with van der Waals surface area (Å²) >= 11 is 2.63. The van der Waals surface area contributed by atoms with Crippen molar-refractivity contribution in [1.82, 2.24) is 20.8 Å². The average molecular weight is 499 g/mol. The van der Waals surface area contributed by atoms with Gasteiger partial charge in [-0.1, -0.05) is 59.4 Å². The lowest BCUT2D eigenvalue weighted by Crippen LogP contribution is -2.42. The van der Waals surface area contributed by atoms with Crippen LogP contribution in [0.15, 0.2) is 54.6 Å². The second-order valence-electron chi connectivity index (χ2n) is 7.45. The first-order valence-corrected chi connectivity index (χ1v) is 12.8. The lowest BCUT2D eigenvalue weighted by atomic mass is 10.1. The van der Waals surface area contributed by atoms with Gasteiger partial charge in [-0.2, -0.15) is 11.8 Å². The average Bonchev–Trinajstić information content (AvgIpc) is 3.34. The molecule has 0 aliphatic carbocycles. The van der Waals surface area contributed by atoms with Crippen molar-refractivity contribution in [3.8, 4) is 0 Å². The topological polar surface area (TPSA) is 110 Å². The highest BCUT2D eigenvalue weighted by Gasteiger charge is 2.23. The van der Waals surface area contributed by atoms with Gasteiger partial charge in [0.1, 0.15) is 12.6 Å². The van der Waals surface area contributed by atoms with E-state index in [1.807, 2.05) is 43.5 Å². The monoisotopic (exact) mass is 498 g/mol. The van der Waals surface area contributed by atoms with E-state index in [2.05, 4.69) is 20.8 Å². The molecule has 3 aromatic rings. The molecule has 0 radical (unpaired) electrons. The van der Waals surface area contributed by atoms with Gasteiger partial charge in [-0.25, -0.2) is 4.79 Å². The summed E-state index contributed by atoms with van der Waals surface area (Å²) in [6.07, 6.45) is 2.36. The number of aryl methyl sites for hydroxylation is 1. The van der Waals surface area contributed by atoms with Gasteiger partial charge in [0, 0.05) is 12.1 Å². The number of aromatic nitrogens is 2. The van der Waals surface area contributed by atoms with Gasteiger partial charge in [0.25, 0.3) is 11.8 Å². The van der Waals surface area contributed by atoms with Crippen molar-refractivity contribution in [3.63, 3.8) is 0 Å². The Bertz CT molecular complexity index is 1100. The normalized spacial score (nSPS) is 11.5. The van der Waals surface area contributed by atoms with Crippen LogP contribution in [0.5, 0.6) is 0 Å². The molecule has 0 saturated carbocycles. The number of esters is 1. The molecule has 0 spiro atoms. The molecule has 0 saturated heterocycles. The zero-order valence-corrected chi connectivity index (χ0v) is 20.6. The summed E-state index contributed by atoms with van der Waals surface area (Å²) in [4.78, 5) is 37.5. The van der Waals surface area contributed by atoms with E-state index < -0.39 is 12.0 Å². The SMILES string of the molecule is CSCC[C@H](NC(=O)c1ccccc1)C(=O)OCc1nnc(C(=O)NCc2ccc(C)cc2)s1. The minimum absolute atomic E-state index is 0.126. The molecule has 10 heteroatoms. The second-order valence-corrected chi connectivity index (χ2v) is 9.50. The van der Waals surface area contributed by atoms with E-state index in [9.17, 15) is 14.4 Å². The molecule has 2 amide bonds. The molecular formula is C24H26N4O4S2. The molecule has 0 fully saturated rings. The Morgan fingerprint density at radius 2 is 1.76 bits per heavy atom. The van der Waals surface area contributed by atoms with Crippen LogP contribution < -0.4 is 10.6 Å².